The van der Waals surface area contributed by atoms with Gasteiger partial charge in [0, 0.05) is 19.3 Å². The minimum atomic E-state index is -3.02. The SMILES string of the molecule is CCCCCCCC(=O)CCCCCC/C=C/[C@H](C(=O)N[C@@H](Cc1ccc(-c2cccc(OC)c2)cc1)C(=O)O)[C@@](O)(CC(=O)O)C(=O)O. The molecule has 2 aromatic carbocycles. The van der Waals surface area contributed by atoms with Gasteiger partial charge in [-0.3, -0.25) is 14.4 Å². The van der Waals surface area contributed by atoms with Gasteiger partial charge in [-0.25, -0.2) is 9.59 Å². The summed E-state index contributed by atoms with van der Waals surface area (Å²) in [6.07, 6.45) is 11.3. The standard InChI is InChI=1S/C38H51NO10/c1-3-4-5-8-11-16-30(40)17-12-9-6-7-10-13-19-32(38(48,37(46)47)26-34(41)42)35(43)39-33(36(44)45)24-27-20-22-28(23-21-27)29-15-14-18-31(25-29)49-2/h13-15,18-23,25,32-33,48H,3-12,16-17,24,26H2,1-2H3,(H,39,43)(H,41,42)(H,44,45)(H,46,47)/b19-13+/t32-,33+,38+/m1/s1. The molecule has 0 aliphatic carbocycles. The first-order valence-electron chi connectivity index (χ1n) is 17.0. The van der Waals surface area contributed by atoms with Crippen LogP contribution in [-0.2, 0) is 30.4 Å². The van der Waals surface area contributed by atoms with Crippen LogP contribution in [0.25, 0.3) is 11.1 Å². The Hall–Kier alpha value is -4.51. The number of carbonyl (C=O) groups excluding carboxylic acids is 2. The number of hydrogen-bond acceptors (Lipinski definition) is 7. The molecule has 0 saturated heterocycles. The van der Waals surface area contributed by atoms with Crippen LogP contribution in [0, 0.1) is 5.92 Å². The van der Waals surface area contributed by atoms with Crippen LogP contribution in [0.15, 0.2) is 60.7 Å². The first-order chi connectivity index (χ1) is 23.4. The summed E-state index contributed by atoms with van der Waals surface area (Å²) in [5.74, 6) is -7.02. The van der Waals surface area contributed by atoms with Gasteiger partial charge in [0.15, 0.2) is 5.60 Å². The van der Waals surface area contributed by atoms with Crippen molar-refractivity contribution >= 4 is 29.6 Å². The highest BCUT2D eigenvalue weighted by molar-refractivity contribution is 5.94. The number of benzene rings is 2. The summed E-state index contributed by atoms with van der Waals surface area (Å²) >= 11 is 0. The van der Waals surface area contributed by atoms with Crippen LogP contribution < -0.4 is 10.1 Å². The van der Waals surface area contributed by atoms with E-state index in [1.54, 1.807) is 31.4 Å². The normalized spacial score (nSPS) is 13.7. The van der Waals surface area contributed by atoms with Crippen molar-refractivity contribution < 1.29 is 49.1 Å². The molecule has 5 N–H and O–H groups in total. The van der Waals surface area contributed by atoms with Crippen molar-refractivity contribution in [2.45, 2.75) is 108 Å². The summed E-state index contributed by atoms with van der Waals surface area (Å²) in [5.41, 5.74) is -0.719. The summed E-state index contributed by atoms with van der Waals surface area (Å²) in [7, 11) is 1.56. The summed E-state index contributed by atoms with van der Waals surface area (Å²) < 4.78 is 5.26. The molecule has 0 aliphatic heterocycles. The second kappa shape index (κ2) is 21.5. The number of allylic oxidation sites excluding steroid dienone is 1. The van der Waals surface area contributed by atoms with Crippen molar-refractivity contribution in [1.29, 1.82) is 0 Å². The van der Waals surface area contributed by atoms with Crippen molar-refractivity contribution in [3.8, 4) is 16.9 Å². The highest BCUT2D eigenvalue weighted by Crippen LogP contribution is 2.27. The number of carboxylic acid groups (broad SMARTS) is 3. The molecule has 2 aromatic rings. The van der Waals surface area contributed by atoms with Crippen LogP contribution in [0.4, 0.5) is 0 Å². The fourth-order valence-corrected chi connectivity index (χ4v) is 5.57. The smallest absolute Gasteiger partial charge is 0.337 e. The van der Waals surface area contributed by atoms with E-state index in [4.69, 9.17) is 4.74 Å². The minimum absolute atomic E-state index is 0.151. The fraction of sp³-hybridized carbons (Fsp3) is 0.500. The van der Waals surface area contributed by atoms with E-state index in [1.807, 2.05) is 24.3 Å². The zero-order valence-corrected chi connectivity index (χ0v) is 28.6. The number of ether oxygens (including phenoxy) is 1. The fourth-order valence-electron chi connectivity index (χ4n) is 5.57. The Balaban J connectivity index is 2.04. The van der Waals surface area contributed by atoms with E-state index >= 15 is 0 Å². The van der Waals surface area contributed by atoms with Gasteiger partial charge in [0.2, 0.25) is 5.91 Å². The number of aliphatic hydroxyl groups is 1. The van der Waals surface area contributed by atoms with Gasteiger partial charge in [0.05, 0.1) is 19.4 Å². The summed E-state index contributed by atoms with van der Waals surface area (Å²) in [6.45, 7) is 2.15. The monoisotopic (exact) mass is 681 g/mol. The molecule has 0 bridgehead atoms. The van der Waals surface area contributed by atoms with E-state index in [-0.39, 0.29) is 12.2 Å². The average molecular weight is 682 g/mol. The molecule has 0 unspecified atom stereocenters. The molecule has 2 rings (SSSR count). The third kappa shape index (κ3) is 14.2. The number of unbranched alkanes of at least 4 members (excludes halogenated alkanes) is 8. The quantitative estimate of drug-likeness (QED) is 0.0596. The van der Waals surface area contributed by atoms with Gasteiger partial charge in [-0.05, 0) is 54.5 Å². The topological polar surface area (TPSA) is 188 Å². The lowest BCUT2D eigenvalue weighted by Gasteiger charge is -2.29. The van der Waals surface area contributed by atoms with Gasteiger partial charge in [0.25, 0.3) is 0 Å². The number of amides is 1. The number of rotatable bonds is 25. The third-order valence-electron chi connectivity index (χ3n) is 8.46. The van der Waals surface area contributed by atoms with Gasteiger partial charge in [0.1, 0.15) is 17.6 Å². The lowest BCUT2D eigenvalue weighted by Crippen LogP contribution is -2.55. The van der Waals surface area contributed by atoms with Gasteiger partial charge >= 0.3 is 17.9 Å². The molecule has 268 valence electrons. The van der Waals surface area contributed by atoms with E-state index in [0.717, 1.165) is 62.1 Å². The van der Waals surface area contributed by atoms with Crippen molar-refractivity contribution in [2.24, 2.45) is 5.92 Å². The zero-order chi connectivity index (χ0) is 36.2. The Morgan fingerprint density at radius 2 is 1.47 bits per heavy atom. The van der Waals surface area contributed by atoms with Crippen molar-refractivity contribution in [3.63, 3.8) is 0 Å². The number of aliphatic carboxylic acids is 3. The lowest BCUT2D eigenvalue weighted by molar-refractivity contribution is -0.172. The van der Waals surface area contributed by atoms with E-state index in [2.05, 4.69) is 12.2 Å². The Labute approximate surface area is 288 Å². The molecule has 0 saturated carbocycles. The van der Waals surface area contributed by atoms with Gasteiger partial charge in [-0.2, -0.15) is 0 Å². The Morgan fingerprint density at radius 3 is 2.04 bits per heavy atom. The Kier molecular flexibility index (Phi) is 17.8. The second-order valence-electron chi connectivity index (χ2n) is 12.4. The predicted octanol–water partition coefficient (Wildman–Crippen LogP) is 6.21. The molecule has 3 atom stereocenters. The Morgan fingerprint density at radius 1 is 0.837 bits per heavy atom. The maximum absolute atomic E-state index is 13.4. The number of methoxy groups -OCH3 is 1. The predicted molar refractivity (Wildman–Crippen MR) is 185 cm³/mol. The molecule has 49 heavy (non-hydrogen) atoms. The summed E-state index contributed by atoms with van der Waals surface area (Å²) in [5, 5.41) is 42.3. The minimum Gasteiger partial charge on any atom is -0.497 e. The number of nitrogens with one attached hydrogen (secondary N) is 1. The molecule has 0 aromatic heterocycles. The van der Waals surface area contributed by atoms with Crippen molar-refractivity contribution in [2.75, 3.05) is 7.11 Å². The van der Waals surface area contributed by atoms with Gasteiger partial charge in [-0.15, -0.1) is 0 Å². The van der Waals surface area contributed by atoms with E-state index in [9.17, 15) is 44.4 Å². The largest absolute Gasteiger partial charge is 0.497 e. The van der Waals surface area contributed by atoms with Crippen LogP contribution in [0.2, 0.25) is 0 Å². The molecule has 0 spiro atoms. The van der Waals surface area contributed by atoms with Gasteiger partial charge in [-0.1, -0.05) is 94.0 Å². The molecule has 0 fully saturated rings. The molecule has 11 nitrogen and oxygen atoms in total. The summed E-state index contributed by atoms with van der Waals surface area (Å²) in [6, 6.07) is 12.9. The molecule has 11 heteroatoms. The van der Waals surface area contributed by atoms with Crippen LogP contribution >= 0.6 is 0 Å². The molecule has 0 aliphatic rings. The van der Waals surface area contributed by atoms with E-state index in [1.165, 1.54) is 12.5 Å². The van der Waals surface area contributed by atoms with Crippen LogP contribution in [-0.4, -0.2) is 68.8 Å². The number of carboxylic acids is 3. The van der Waals surface area contributed by atoms with E-state index in [0.29, 0.717) is 37.0 Å². The number of ketones is 1. The molecule has 0 radical (unpaired) electrons. The maximum atomic E-state index is 13.4. The molecule has 1 amide bonds. The third-order valence-corrected chi connectivity index (χ3v) is 8.46. The molecular formula is C38H51NO10. The van der Waals surface area contributed by atoms with Crippen LogP contribution in [0.1, 0.15) is 96.0 Å². The highest BCUT2D eigenvalue weighted by atomic mass is 16.5. The second-order valence-corrected chi connectivity index (χ2v) is 12.4. The molecular weight excluding hydrogens is 630 g/mol. The van der Waals surface area contributed by atoms with Crippen LogP contribution in [0.5, 0.6) is 5.75 Å². The van der Waals surface area contributed by atoms with Crippen molar-refractivity contribution in [3.05, 3.63) is 66.2 Å². The number of hydrogen-bond donors (Lipinski definition) is 5. The first kappa shape index (κ1) is 40.7. The zero-order valence-electron chi connectivity index (χ0n) is 28.6. The number of carbonyl (C=O) groups is 5. The van der Waals surface area contributed by atoms with E-state index < -0.39 is 47.8 Å². The maximum Gasteiger partial charge on any atom is 0.337 e. The number of Topliss-reactive ketones (excluding diaryl/α,β-unsaturated/α-hetero) is 1. The lowest BCUT2D eigenvalue weighted by atomic mass is 9.82. The Bertz CT molecular complexity index is 1400. The van der Waals surface area contributed by atoms with Gasteiger partial charge < -0.3 is 30.5 Å². The highest BCUT2D eigenvalue weighted by Gasteiger charge is 2.49. The first-order valence-corrected chi connectivity index (χ1v) is 17.0. The molecule has 0 heterocycles. The average Bonchev–Trinajstić information content (AvgIpc) is 3.06. The van der Waals surface area contributed by atoms with Crippen LogP contribution in [0.3, 0.4) is 0 Å². The van der Waals surface area contributed by atoms with Crippen molar-refractivity contribution in [1.82, 2.24) is 5.32 Å². The summed E-state index contributed by atoms with van der Waals surface area (Å²) in [4.78, 5) is 61.2.